The lowest BCUT2D eigenvalue weighted by molar-refractivity contribution is -0.435. The minimum atomic E-state index is 0.0434. The number of carbonyl (C=O) groups is 1. The molecule has 24 heavy (non-hydrogen) atoms. The molecule has 0 N–H and O–H groups in total. The van der Waals surface area contributed by atoms with Gasteiger partial charge in [-0.25, -0.2) is 0 Å². The number of hydrogen-bond acceptors (Lipinski definition) is 1. The number of halogens is 1. The van der Waals surface area contributed by atoms with Crippen molar-refractivity contribution in [2.24, 2.45) is 0 Å². The fraction of sp³-hybridized carbons (Fsp3) is 0.0476. The minimum absolute atomic E-state index is 0.0434. The average Bonchev–Trinajstić information content (AvgIpc) is 2.61. The third-order valence-corrected chi connectivity index (χ3v) is 4.65. The van der Waals surface area contributed by atoms with Gasteiger partial charge in [-0.15, -0.1) is 0 Å². The topological polar surface area (TPSA) is 20.1 Å². The molecule has 3 heteroatoms. The van der Waals surface area contributed by atoms with Gasteiger partial charge in [0, 0.05) is 10.0 Å². The molecule has 118 valence electrons. The molecule has 2 nitrogen and oxygen atoms in total. The Hall–Kier alpha value is -2.52. The van der Waals surface area contributed by atoms with E-state index >= 15 is 0 Å². The van der Waals surface area contributed by atoms with E-state index in [1.807, 2.05) is 30.3 Å². The molecule has 3 aromatic rings. The lowest BCUT2D eigenvalue weighted by Gasteiger charge is -2.08. The van der Waals surface area contributed by atoms with Crippen LogP contribution in [0.25, 0.3) is 21.5 Å². The number of fused-ring (bicyclic) bond motifs is 3. The van der Waals surface area contributed by atoms with Gasteiger partial charge in [-0.05, 0) is 46.3 Å². The summed E-state index contributed by atoms with van der Waals surface area (Å²) >= 11 is 3.63. The molecule has 0 aromatic heterocycles. The highest BCUT2D eigenvalue weighted by molar-refractivity contribution is 9.10. The molecule has 0 unspecified atom stereocenters. The number of rotatable bonds is 5. The Labute approximate surface area is 149 Å². The quantitative estimate of drug-likeness (QED) is 0.253. The van der Waals surface area contributed by atoms with Crippen molar-refractivity contribution < 1.29 is 9.37 Å². The first kappa shape index (κ1) is 16.3. The zero-order valence-electron chi connectivity index (χ0n) is 13.2. The smallest absolute Gasteiger partial charge is 0.227 e. The van der Waals surface area contributed by atoms with Crippen LogP contribution >= 0.6 is 15.9 Å². The SMILES string of the molecule is C=CC=[N+](C=C)CC(=O)c1ccc2cc(Br)c3ccccc3c2c1. The zero-order valence-corrected chi connectivity index (χ0v) is 14.8. The van der Waals surface area contributed by atoms with Gasteiger partial charge in [-0.3, -0.25) is 4.79 Å². The number of Topliss-reactive ketones (excluding diaryl/α,β-unsaturated/α-hetero) is 1. The van der Waals surface area contributed by atoms with Gasteiger partial charge in [0.05, 0.1) is 0 Å². The van der Waals surface area contributed by atoms with Gasteiger partial charge in [0.2, 0.25) is 12.3 Å². The number of benzene rings is 3. The number of nitrogens with zero attached hydrogens (tertiary/aromatic N) is 1. The molecule has 0 saturated carbocycles. The Morgan fingerprint density at radius 3 is 2.50 bits per heavy atom. The Bertz CT molecular complexity index is 1000. The molecule has 3 rings (SSSR count). The Kier molecular flexibility index (Phi) is 4.72. The third-order valence-electron chi connectivity index (χ3n) is 3.99. The largest absolute Gasteiger partial charge is 0.287 e. The van der Waals surface area contributed by atoms with Crippen molar-refractivity contribution in [3.05, 3.63) is 84.0 Å². The van der Waals surface area contributed by atoms with E-state index in [0.29, 0.717) is 5.56 Å². The van der Waals surface area contributed by atoms with Crippen LogP contribution < -0.4 is 0 Å². The van der Waals surface area contributed by atoms with Gasteiger partial charge in [-0.2, -0.15) is 4.58 Å². The van der Waals surface area contributed by atoms with Crippen LogP contribution in [0, 0.1) is 0 Å². The van der Waals surface area contributed by atoms with E-state index in [2.05, 4.69) is 47.3 Å². The first-order valence-electron chi connectivity index (χ1n) is 7.62. The van der Waals surface area contributed by atoms with Crippen molar-refractivity contribution in [1.82, 2.24) is 0 Å². The van der Waals surface area contributed by atoms with Crippen LogP contribution in [0.5, 0.6) is 0 Å². The average molecular weight is 379 g/mol. The van der Waals surface area contributed by atoms with Crippen molar-refractivity contribution in [2.45, 2.75) is 0 Å². The predicted molar refractivity (Wildman–Crippen MR) is 105 cm³/mol. The number of ketones is 1. The van der Waals surface area contributed by atoms with E-state index in [1.54, 1.807) is 23.1 Å². The number of hydrogen-bond donors (Lipinski definition) is 0. The van der Waals surface area contributed by atoms with Gasteiger partial charge in [-0.1, -0.05) is 58.9 Å². The minimum Gasteiger partial charge on any atom is -0.287 e. The number of carbonyl (C=O) groups excluding carboxylic acids is 1. The molecule has 0 aliphatic rings. The summed E-state index contributed by atoms with van der Waals surface area (Å²) in [6.45, 7) is 7.61. The van der Waals surface area contributed by atoms with E-state index < -0.39 is 0 Å². The summed E-state index contributed by atoms with van der Waals surface area (Å²) in [4.78, 5) is 12.6. The van der Waals surface area contributed by atoms with Crippen LogP contribution in [0.3, 0.4) is 0 Å². The molecule has 0 bridgehead atoms. The Morgan fingerprint density at radius 1 is 1.04 bits per heavy atom. The standard InChI is InChI=1S/C21H17BrNO/c1-3-11-23(4-2)14-21(24)16-10-9-15-13-20(22)18-8-6-5-7-17(18)19(15)12-16/h3-13H,1-2,14H2/q+1. The highest BCUT2D eigenvalue weighted by Gasteiger charge is 2.13. The second kappa shape index (κ2) is 6.93. The van der Waals surface area contributed by atoms with Crippen molar-refractivity contribution >= 4 is 49.5 Å². The highest BCUT2D eigenvalue weighted by atomic mass is 79.9. The fourth-order valence-corrected chi connectivity index (χ4v) is 3.39. The second-order valence-corrected chi connectivity index (χ2v) is 6.36. The first-order chi connectivity index (χ1) is 11.6. The molecule has 3 aromatic carbocycles. The molecule has 0 atom stereocenters. The summed E-state index contributed by atoms with van der Waals surface area (Å²) in [5.41, 5.74) is 0.694. The Balaban J connectivity index is 2.11. The van der Waals surface area contributed by atoms with E-state index in [0.717, 1.165) is 26.0 Å². The molecule has 0 aliphatic heterocycles. The fourth-order valence-electron chi connectivity index (χ4n) is 2.80. The molecule has 0 radical (unpaired) electrons. The summed E-state index contributed by atoms with van der Waals surface area (Å²) in [6.07, 6.45) is 4.99. The molecule has 0 fully saturated rings. The van der Waals surface area contributed by atoms with Crippen LogP contribution in [0.15, 0.2) is 78.4 Å². The van der Waals surface area contributed by atoms with Crippen LogP contribution in [0.4, 0.5) is 0 Å². The molecule has 0 amide bonds. The van der Waals surface area contributed by atoms with Crippen molar-refractivity contribution in [1.29, 1.82) is 0 Å². The summed E-state index contributed by atoms with van der Waals surface area (Å²) in [5.74, 6) is 0.0434. The van der Waals surface area contributed by atoms with Crippen LogP contribution in [-0.2, 0) is 0 Å². The lowest BCUT2D eigenvalue weighted by atomic mass is 9.98. The monoisotopic (exact) mass is 378 g/mol. The van der Waals surface area contributed by atoms with Crippen molar-refractivity contribution in [3.63, 3.8) is 0 Å². The van der Waals surface area contributed by atoms with E-state index in [9.17, 15) is 4.79 Å². The molecule has 0 heterocycles. The predicted octanol–water partition coefficient (Wildman–Crippen LogP) is 5.35. The van der Waals surface area contributed by atoms with Crippen molar-refractivity contribution in [2.75, 3.05) is 6.54 Å². The van der Waals surface area contributed by atoms with Crippen LogP contribution in [0.1, 0.15) is 10.4 Å². The van der Waals surface area contributed by atoms with E-state index in [1.165, 1.54) is 0 Å². The third kappa shape index (κ3) is 3.08. The molecule has 0 spiro atoms. The molecule has 0 aliphatic carbocycles. The lowest BCUT2D eigenvalue weighted by Crippen LogP contribution is -2.16. The summed E-state index contributed by atoms with van der Waals surface area (Å²) in [6, 6.07) is 16.1. The van der Waals surface area contributed by atoms with Crippen molar-refractivity contribution in [3.8, 4) is 0 Å². The first-order valence-corrected chi connectivity index (χ1v) is 8.41. The Morgan fingerprint density at radius 2 is 1.79 bits per heavy atom. The highest BCUT2D eigenvalue weighted by Crippen LogP contribution is 2.32. The molecular formula is C21H17BrNO+. The summed E-state index contributed by atoms with van der Waals surface area (Å²) < 4.78 is 2.78. The second-order valence-electron chi connectivity index (χ2n) is 5.50. The van der Waals surface area contributed by atoms with Gasteiger partial charge in [0.1, 0.15) is 0 Å². The van der Waals surface area contributed by atoms with Gasteiger partial charge >= 0.3 is 0 Å². The zero-order chi connectivity index (χ0) is 17.1. The molecule has 0 saturated heterocycles. The normalized spacial score (nSPS) is 11.6. The maximum atomic E-state index is 12.6. The summed E-state index contributed by atoms with van der Waals surface area (Å²) in [7, 11) is 0. The maximum absolute atomic E-state index is 12.6. The van der Waals surface area contributed by atoms with Gasteiger partial charge in [0.25, 0.3) is 0 Å². The van der Waals surface area contributed by atoms with E-state index in [-0.39, 0.29) is 12.3 Å². The van der Waals surface area contributed by atoms with Crippen LogP contribution in [0.2, 0.25) is 0 Å². The van der Waals surface area contributed by atoms with Gasteiger partial charge < -0.3 is 0 Å². The maximum Gasteiger partial charge on any atom is 0.227 e. The van der Waals surface area contributed by atoms with E-state index in [4.69, 9.17) is 0 Å². The molecular weight excluding hydrogens is 362 g/mol. The van der Waals surface area contributed by atoms with Crippen LogP contribution in [-0.4, -0.2) is 23.1 Å². The van der Waals surface area contributed by atoms with Gasteiger partial charge in [0.15, 0.2) is 12.4 Å². The number of allylic oxidation sites excluding steroid dienone is 1. The summed E-state index contributed by atoms with van der Waals surface area (Å²) in [5, 5.41) is 4.46.